The Kier molecular flexibility index (Phi) is 4.52. The lowest BCUT2D eigenvalue weighted by molar-refractivity contribution is -0.136. The first-order valence-corrected chi connectivity index (χ1v) is 6.49. The molecular formula is C14H18N2O3. The Balaban J connectivity index is 1.68. The van der Waals surface area contributed by atoms with Gasteiger partial charge in [0, 0.05) is 12.2 Å². The average molecular weight is 262 g/mol. The van der Waals surface area contributed by atoms with Gasteiger partial charge in [-0.15, -0.1) is 0 Å². The van der Waals surface area contributed by atoms with Crippen LogP contribution in [0.25, 0.3) is 0 Å². The first-order valence-electron chi connectivity index (χ1n) is 6.49. The highest BCUT2D eigenvalue weighted by molar-refractivity contribution is 6.39. The molecule has 0 heterocycles. The van der Waals surface area contributed by atoms with Crippen molar-refractivity contribution in [3.05, 3.63) is 30.3 Å². The number of rotatable bonds is 5. The molecule has 1 fully saturated rings. The van der Waals surface area contributed by atoms with Gasteiger partial charge in [-0.25, -0.2) is 0 Å². The molecule has 2 amide bonds. The molecule has 0 aliphatic heterocycles. The third-order valence-electron chi connectivity index (χ3n) is 3.13. The van der Waals surface area contributed by atoms with Crippen molar-refractivity contribution in [2.45, 2.75) is 25.4 Å². The summed E-state index contributed by atoms with van der Waals surface area (Å²) in [5.41, 5.74) is 0.584. The van der Waals surface area contributed by atoms with Crippen LogP contribution in [0.2, 0.25) is 0 Å². The molecule has 1 aliphatic carbocycles. The summed E-state index contributed by atoms with van der Waals surface area (Å²) < 4.78 is 0. The van der Waals surface area contributed by atoms with E-state index in [1.165, 1.54) is 0 Å². The van der Waals surface area contributed by atoms with Gasteiger partial charge in [0.05, 0.1) is 6.10 Å². The molecule has 0 spiro atoms. The minimum atomic E-state index is -0.688. The van der Waals surface area contributed by atoms with Crippen LogP contribution in [0, 0.1) is 5.92 Å². The highest BCUT2D eigenvalue weighted by atomic mass is 16.3. The Morgan fingerprint density at radius 1 is 1.21 bits per heavy atom. The van der Waals surface area contributed by atoms with Crippen molar-refractivity contribution < 1.29 is 14.7 Å². The van der Waals surface area contributed by atoms with Gasteiger partial charge in [-0.3, -0.25) is 9.59 Å². The smallest absolute Gasteiger partial charge is 0.313 e. The van der Waals surface area contributed by atoms with Crippen LogP contribution in [0.15, 0.2) is 30.3 Å². The lowest BCUT2D eigenvalue weighted by atomic mass is 10.2. The summed E-state index contributed by atoms with van der Waals surface area (Å²) in [5.74, 6) is -0.978. The Labute approximate surface area is 112 Å². The van der Waals surface area contributed by atoms with E-state index in [1.54, 1.807) is 24.3 Å². The predicted molar refractivity (Wildman–Crippen MR) is 71.4 cm³/mol. The van der Waals surface area contributed by atoms with E-state index in [0.29, 0.717) is 24.6 Å². The number of aliphatic hydroxyl groups is 1. The van der Waals surface area contributed by atoms with E-state index in [4.69, 9.17) is 0 Å². The molecule has 1 atom stereocenters. The molecule has 0 aromatic heterocycles. The van der Waals surface area contributed by atoms with Crippen LogP contribution in [0.4, 0.5) is 5.69 Å². The summed E-state index contributed by atoms with van der Waals surface area (Å²) in [5, 5.41) is 14.6. The van der Waals surface area contributed by atoms with Gasteiger partial charge >= 0.3 is 11.8 Å². The highest BCUT2D eigenvalue weighted by Crippen LogP contribution is 2.33. The molecule has 1 saturated carbocycles. The summed E-state index contributed by atoms with van der Waals surface area (Å²) in [4.78, 5) is 23.1. The molecule has 1 aromatic carbocycles. The largest absolute Gasteiger partial charge is 0.393 e. The first-order chi connectivity index (χ1) is 9.16. The number of amides is 2. The van der Waals surface area contributed by atoms with Gasteiger partial charge in [0.1, 0.15) is 0 Å². The van der Waals surface area contributed by atoms with E-state index < -0.39 is 11.8 Å². The maximum atomic E-state index is 11.5. The third-order valence-corrected chi connectivity index (χ3v) is 3.13. The predicted octanol–water partition coefficient (Wildman–Crippen LogP) is 0.902. The SMILES string of the molecule is O=C(NCCC(O)C1CC1)C(=O)Nc1ccccc1. The van der Waals surface area contributed by atoms with E-state index in [9.17, 15) is 14.7 Å². The van der Waals surface area contributed by atoms with Crippen molar-refractivity contribution in [2.24, 2.45) is 5.92 Å². The molecule has 1 aromatic rings. The van der Waals surface area contributed by atoms with Crippen LogP contribution in [0.3, 0.4) is 0 Å². The Morgan fingerprint density at radius 2 is 1.89 bits per heavy atom. The topological polar surface area (TPSA) is 78.4 Å². The monoisotopic (exact) mass is 262 g/mol. The number of aliphatic hydroxyl groups excluding tert-OH is 1. The summed E-state index contributed by atoms with van der Waals surface area (Å²) in [7, 11) is 0. The minimum Gasteiger partial charge on any atom is -0.393 e. The van der Waals surface area contributed by atoms with Crippen molar-refractivity contribution >= 4 is 17.5 Å². The number of anilines is 1. The molecule has 19 heavy (non-hydrogen) atoms. The molecule has 5 nitrogen and oxygen atoms in total. The fraction of sp³-hybridized carbons (Fsp3) is 0.429. The summed E-state index contributed by atoms with van der Waals surface area (Å²) in [6.07, 6.45) is 2.25. The minimum absolute atomic E-state index is 0.318. The summed E-state index contributed by atoms with van der Waals surface area (Å²) >= 11 is 0. The number of benzene rings is 1. The number of hydrogen-bond acceptors (Lipinski definition) is 3. The molecule has 102 valence electrons. The van der Waals surface area contributed by atoms with Crippen molar-refractivity contribution in [3.63, 3.8) is 0 Å². The number of carbonyl (C=O) groups excluding carboxylic acids is 2. The molecule has 5 heteroatoms. The van der Waals surface area contributed by atoms with E-state index in [-0.39, 0.29) is 6.10 Å². The fourth-order valence-electron chi connectivity index (χ4n) is 1.84. The zero-order chi connectivity index (χ0) is 13.7. The Morgan fingerprint density at radius 3 is 2.53 bits per heavy atom. The standard InChI is InChI=1S/C14H18N2O3/c17-12(10-6-7-10)8-9-15-13(18)14(19)16-11-4-2-1-3-5-11/h1-5,10,12,17H,6-9H2,(H,15,18)(H,16,19). The molecule has 1 aliphatic rings. The van der Waals surface area contributed by atoms with Crippen LogP contribution < -0.4 is 10.6 Å². The second-order valence-electron chi connectivity index (χ2n) is 4.77. The van der Waals surface area contributed by atoms with Gasteiger partial charge in [-0.2, -0.15) is 0 Å². The van der Waals surface area contributed by atoms with Gasteiger partial charge in [0.2, 0.25) is 0 Å². The van der Waals surface area contributed by atoms with Crippen LogP contribution in [0.5, 0.6) is 0 Å². The Hall–Kier alpha value is -1.88. The summed E-state index contributed by atoms with van der Waals surface area (Å²) in [6, 6.07) is 8.80. The van der Waals surface area contributed by atoms with Crippen molar-refractivity contribution in [1.29, 1.82) is 0 Å². The average Bonchev–Trinajstić information content (AvgIpc) is 3.24. The number of para-hydroxylation sites is 1. The Bertz CT molecular complexity index is 443. The quantitative estimate of drug-likeness (QED) is 0.690. The number of hydrogen-bond donors (Lipinski definition) is 3. The molecular weight excluding hydrogens is 244 g/mol. The number of nitrogens with one attached hydrogen (secondary N) is 2. The normalized spacial score (nSPS) is 15.6. The lowest BCUT2D eigenvalue weighted by Gasteiger charge is -2.10. The molecule has 0 bridgehead atoms. The highest BCUT2D eigenvalue weighted by Gasteiger charge is 2.29. The van der Waals surface area contributed by atoms with Crippen molar-refractivity contribution in [3.8, 4) is 0 Å². The molecule has 3 N–H and O–H groups in total. The maximum absolute atomic E-state index is 11.5. The molecule has 0 radical (unpaired) electrons. The van der Waals surface area contributed by atoms with Crippen LogP contribution in [-0.2, 0) is 9.59 Å². The third kappa shape index (κ3) is 4.37. The van der Waals surface area contributed by atoms with Gasteiger partial charge in [0.15, 0.2) is 0 Å². The van der Waals surface area contributed by atoms with E-state index in [0.717, 1.165) is 12.8 Å². The van der Waals surface area contributed by atoms with Crippen LogP contribution in [-0.4, -0.2) is 29.6 Å². The van der Waals surface area contributed by atoms with Crippen LogP contribution in [0.1, 0.15) is 19.3 Å². The van der Waals surface area contributed by atoms with E-state index >= 15 is 0 Å². The number of carbonyl (C=O) groups is 2. The molecule has 2 rings (SSSR count). The van der Waals surface area contributed by atoms with Crippen molar-refractivity contribution in [2.75, 3.05) is 11.9 Å². The van der Waals surface area contributed by atoms with Gasteiger partial charge < -0.3 is 15.7 Å². The second kappa shape index (κ2) is 6.33. The molecule has 1 unspecified atom stereocenters. The van der Waals surface area contributed by atoms with Gasteiger partial charge in [-0.05, 0) is 37.3 Å². The summed E-state index contributed by atoms with van der Waals surface area (Å²) in [6.45, 7) is 0.318. The molecule has 0 saturated heterocycles. The maximum Gasteiger partial charge on any atom is 0.313 e. The van der Waals surface area contributed by atoms with E-state index in [1.807, 2.05) is 6.07 Å². The van der Waals surface area contributed by atoms with Gasteiger partial charge in [0.25, 0.3) is 0 Å². The zero-order valence-electron chi connectivity index (χ0n) is 10.6. The second-order valence-corrected chi connectivity index (χ2v) is 4.77. The first kappa shape index (κ1) is 13.5. The van der Waals surface area contributed by atoms with Crippen molar-refractivity contribution in [1.82, 2.24) is 5.32 Å². The fourth-order valence-corrected chi connectivity index (χ4v) is 1.84. The zero-order valence-corrected chi connectivity index (χ0v) is 10.6. The lowest BCUT2D eigenvalue weighted by Crippen LogP contribution is -2.37. The van der Waals surface area contributed by atoms with Gasteiger partial charge in [-0.1, -0.05) is 18.2 Å². The van der Waals surface area contributed by atoms with Crippen LogP contribution >= 0.6 is 0 Å². The van der Waals surface area contributed by atoms with E-state index in [2.05, 4.69) is 10.6 Å².